The Balaban J connectivity index is 0.00000240. The van der Waals surface area contributed by atoms with Gasteiger partial charge in [-0.3, -0.25) is 9.48 Å². The minimum Gasteiger partial charge on any atom is -0.353 e. The number of amides is 1. The van der Waals surface area contributed by atoms with Crippen LogP contribution in [0.15, 0.2) is 79.1 Å². The standard InChI is InChI=1S/C23H26N4O.ClH/c28-22(23(12-15-24-16-13-23)27-17-7-14-26-27)25-18-21(19-8-3-1-4-9-19)20-10-5-2-6-11-20;/h1-11,14,17,21,24H,12-13,15-16,18H2,(H,25,28);1H. The molecule has 0 radical (unpaired) electrons. The van der Waals surface area contributed by atoms with Gasteiger partial charge in [0.1, 0.15) is 5.54 Å². The molecule has 1 aliphatic heterocycles. The van der Waals surface area contributed by atoms with E-state index in [1.165, 1.54) is 11.1 Å². The van der Waals surface area contributed by atoms with Crippen molar-refractivity contribution >= 4 is 18.3 Å². The van der Waals surface area contributed by atoms with Crippen LogP contribution >= 0.6 is 12.4 Å². The van der Waals surface area contributed by atoms with Gasteiger partial charge >= 0.3 is 0 Å². The van der Waals surface area contributed by atoms with Crippen molar-refractivity contribution in [2.24, 2.45) is 0 Å². The van der Waals surface area contributed by atoms with Gasteiger partial charge in [-0.15, -0.1) is 12.4 Å². The van der Waals surface area contributed by atoms with Gasteiger partial charge in [-0.05, 0) is 43.1 Å². The first-order valence-corrected chi connectivity index (χ1v) is 9.89. The van der Waals surface area contributed by atoms with E-state index in [0.29, 0.717) is 6.54 Å². The first kappa shape index (κ1) is 21.1. The Hall–Kier alpha value is -2.63. The maximum Gasteiger partial charge on any atom is 0.248 e. The van der Waals surface area contributed by atoms with Gasteiger partial charge in [-0.25, -0.2) is 0 Å². The summed E-state index contributed by atoms with van der Waals surface area (Å²) in [6.07, 6.45) is 5.12. The van der Waals surface area contributed by atoms with Crippen molar-refractivity contribution in [1.29, 1.82) is 0 Å². The predicted octanol–water partition coefficient (Wildman–Crippen LogP) is 3.33. The SMILES string of the molecule is Cl.O=C(NCC(c1ccccc1)c1ccccc1)C1(n2cccn2)CCNCC1. The number of aromatic nitrogens is 2. The van der Waals surface area contributed by atoms with Gasteiger partial charge in [0.05, 0.1) is 0 Å². The van der Waals surface area contributed by atoms with Crippen LogP contribution in [-0.4, -0.2) is 35.3 Å². The monoisotopic (exact) mass is 410 g/mol. The van der Waals surface area contributed by atoms with Crippen molar-refractivity contribution in [2.45, 2.75) is 24.3 Å². The number of piperidine rings is 1. The average Bonchev–Trinajstić information content (AvgIpc) is 3.31. The number of nitrogens with one attached hydrogen (secondary N) is 2. The zero-order valence-electron chi connectivity index (χ0n) is 16.3. The third kappa shape index (κ3) is 4.52. The molecular weight excluding hydrogens is 384 g/mol. The molecule has 1 fully saturated rings. The van der Waals surface area contributed by atoms with Crippen LogP contribution in [0.4, 0.5) is 0 Å². The number of carbonyl (C=O) groups is 1. The number of rotatable bonds is 6. The second kappa shape index (κ2) is 9.72. The quantitative estimate of drug-likeness (QED) is 0.655. The largest absolute Gasteiger partial charge is 0.353 e. The number of benzene rings is 2. The molecule has 152 valence electrons. The zero-order chi connectivity index (χ0) is 19.2. The van der Waals surface area contributed by atoms with Crippen molar-refractivity contribution in [3.8, 4) is 0 Å². The maximum atomic E-state index is 13.4. The summed E-state index contributed by atoms with van der Waals surface area (Å²) in [6.45, 7) is 2.19. The molecule has 0 bridgehead atoms. The molecule has 1 saturated heterocycles. The summed E-state index contributed by atoms with van der Waals surface area (Å²) in [5.74, 6) is 0.164. The number of carbonyl (C=O) groups excluding carboxylic acids is 1. The lowest BCUT2D eigenvalue weighted by Gasteiger charge is -2.37. The molecule has 2 N–H and O–H groups in total. The summed E-state index contributed by atoms with van der Waals surface area (Å²) < 4.78 is 1.84. The molecule has 4 rings (SSSR count). The van der Waals surface area contributed by atoms with E-state index in [0.717, 1.165) is 25.9 Å². The van der Waals surface area contributed by atoms with E-state index in [1.54, 1.807) is 6.20 Å². The van der Waals surface area contributed by atoms with Crippen LogP contribution in [0.25, 0.3) is 0 Å². The first-order chi connectivity index (χ1) is 13.8. The number of halogens is 1. The summed E-state index contributed by atoms with van der Waals surface area (Å²) >= 11 is 0. The molecule has 6 heteroatoms. The summed E-state index contributed by atoms with van der Waals surface area (Å²) in [5.41, 5.74) is 1.78. The molecular formula is C23H27ClN4O. The molecule has 0 atom stereocenters. The van der Waals surface area contributed by atoms with Gasteiger partial charge in [-0.2, -0.15) is 5.10 Å². The number of hydrogen-bond acceptors (Lipinski definition) is 3. The van der Waals surface area contributed by atoms with Crippen LogP contribution in [0.1, 0.15) is 29.9 Å². The Morgan fingerprint density at radius 3 is 2.10 bits per heavy atom. The van der Waals surface area contributed by atoms with E-state index in [4.69, 9.17) is 0 Å². The van der Waals surface area contributed by atoms with Crippen LogP contribution in [0.5, 0.6) is 0 Å². The van der Waals surface area contributed by atoms with E-state index in [1.807, 2.05) is 53.3 Å². The van der Waals surface area contributed by atoms with Gasteiger partial charge in [-0.1, -0.05) is 60.7 Å². The lowest BCUT2D eigenvalue weighted by Crippen LogP contribution is -2.55. The molecule has 3 aromatic rings. The highest BCUT2D eigenvalue weighted by Crippen LogP contribution is 2.28. The highest BCUT2D eigenvalue weighted by Gasteiger charge is 2.42. The fourth-order valence-electron chi connectivity index (χ4n) is 4.08. The van der Waals surface area contributed by atoms with Crippen molar-refractivity contribution in [1.82, 2.24) is 20.4 Å². The van der Waals surface area contributed by atoms with Gasteiger partial charge in [0.2, 0.25) is 5.91 Å². The van der Waals surface area contributed by atoms with Crippen molar-refractivity contribution in [3.63, 3.8) is 0 Å². The molecule has 5 nitrogen and oxygen atoms in total. The summed E-state index contributed by atoms with van der Waals surface area (Å²) in [6, 6.07) is 22.6. The van der Waals surface area contributed by atoms with Crippen molar-refractivity contribution < 1.29 is 4.79 Å². The van der Waals surface area contributed by atoms with E-state index in [2.05, 4.69) is 40.0 Å². The first-order valence-electron chi connectivity index (χ1n) is 9.89. The Morgan fingerprint density at radius 2 is 1.59 bits per heavy atom. The minimum absolute atomic E-state index is 0. The zero-order valence-corrected chi connectivity index (χ0v) is 17.1. The van der Waals surface area contributed by atoms with Crippen LogP contribution in [-0.2, 0) is 10.3 Å². The van der Waals surface area contributed by atoms with Crippen molar-refractivity contribution in [3.05, 3.63) is 90.3 Å². The van der Waals surface area contributed by atoms with Crippen molar-refractivity contribution in [2.75, 3.05) is 19.6 Å². The normalized spacial score (nSPS) is 15.5. The Labute approximate surface area is 177 Å². The Kier molecular flexibility index (Phi) is 7.07. The van der Waals surface area contributed by atoms with Crippen LogP contribution in [0, 0.1) is 0 Å². The summed E-state index contributed by atoms with van der Waals surface area (Å²) in [7, 11) is 0. The average molecular weight is 411 g/mol. The van der Waals surface area contributed by atoms with E-state index >= 15 is 0 Å². The molecule has 29 heavy (non-hydrogen) atoms. The highest BCUT2D eigenvalue weighted by molar-refractivity contribution is 5.85. The van der Waals surface area contributed by atoms with Gasteiger partial charge < -0.3 is 10.6 Å². The van der Waals surface area contributed by atoms with Crippen LogP contribution in [0.2, 0.25) is 0 Å². The minimum atomic E-state index is -0.618. The molecule has 0 aliphatic carbocycles. The third-order valence-electron chi connectivity index (χ3n) is 5.67. The van der Waals surface area contributed by atoms with Crippen LogP contribution < -0.4 is 10.6 Å². The molecule has 0 unspecified atom stereocenters. The second-order valence-corrected chi connectivity index (χ2v) is 7.32. The van der Waals surface area contributed by atoms with Crippen LogP contribution in [0.3, 0.4) is 0 Å². The lowest BCUT2D eigenvalue weighted by molar-refractivity contribution is -0.132. The number of hydrogen-bond donors (Lipinski definition) is 2. The molecule has 1 aromatic heterocycles. The fourth-order valence-corrected chi connectivity index (χ4v) is 4.08. The molecule has 2 heterocycles. The molecule has 0 spiro atoms. The topological polar surface area (TPSA) is 59.0 Å². The van der Waals surface area contributed by atoms with E-state index < -0.39 is 5.54 Å². The highest BCUT2D eigenvalue weighted by atomic mass is 35.5. The Bertz CT molecular complexity index is 838. The van der Waals surface area contributed by atoms with E-state index in [-0.39, 0.29) is 24.2 Å². The van der Waals surface area contributed by atoms with Gasteiger partial charge in [0.15, 0.2) is 0 Å². The fraction of sp³-hybridized carbons (Fsp3) is 0.304. The smallest absolute Gasteiger partial charge is 0.248 e. The second-order valence-electron chi connectivity index (χ2n) is 7.32. The molecule has 1 aliphatic rings. The van der Waals surface area contributed by atoms with Gasteiger partial charge in [0, 0.05) is 24.9 Å². The summed E-state index contributed by atoms with van der Waals surface area (Å²) in [4.78, 5) is 13.4. The predicted molar refractivity (Wildman–Crippen MR) is 117 cm³/mol. The maximum absolute atomic E-state index is 13.4. The lowest BCUT2D eigenvalue weighted by atomic mass is 9.86. The Morgan fingerprint density at radius 1 is 1.00 bits per heavy atom. The van der Waals surface area contributed by atoms with E-state index in [9.17, 15) is 4.79 Å². The molecule has 2 aromatic carbocycles. The number of nitrogens with zero attached hydrogens (tertiary/aromatic N) is 2. The van der Waals surface area contributed by atoms with Gasteiger partial charge in [0.25, 0.3) is 0 Å². The molecule has 1 amide bonds. The summed E-state index contributed by atoms with van der Waals surface area (Å²) in [5, 5.41) is 11.0. The molecule has 0 saturated carbocycles. The third-order valence-corrected chi connectivity index (χ3v) is 5.67.